The summed E-state index contributed by atoms with van der Waals surface area (Å²) in [4.78, 5) is 5.69. The summed E-state index contributed by atoms with van der Waals surface area (Å²) in [5, 5.41) is 12.5. The molecule has 0 spiro atoms. The van der Waals surface area contributed by atoms with Crippen molar-refractivity contribution < 1.29 is 5.11 Å². The second-order valence-electron chi connectivity index (χ2n) is 5.35. The Morgan fingerprint density at radius 1 is 1.33 bits per heavy atom. The first-order valence-electron chi connectivity index (χ1n) is 6.64. The van der Waals surface area contributed by atoms with Crippen LogP contribution >= 0.6 is 11.3 Å². The predicted octanol–water partition coefficient (Wildman–Crippen LogP) is 3.07. The first-order chi connectivity index (χ1) is 8.86. The Labute approximate surface area is 110 Å². The molecule has 0 amide bonds. The molecule has 2 aromatic rings. The van der Waals surface area contributed by atoms with Gasteiger partial charge in [-0.3, -0.25) is 0 Å². The van der Waals surface area contributed by atoms with Crippen LogP contribution in [0.1, 0.15) is 36.6 Å². The number of rotatable bonds is 1. The van der Waals surface area contributed by atoms with Crippen molar-refractivity contribution in [3.8, 4) is 11.3 Å². The van der Waals surface area contributed by atoms with Gasteiger partial charge in [0.1, 0.15) is 0 Å². The van der Waals surface area contributed by atoms with Gasteiger partial charge in [0.05, 0.1) is 30.4 Å². The number of hydrogen-bond donors (Lipinski definition) is 1. The lowest BCUT2D eigenvalue weighted by Gasteiger charge is -2.33. The number of aromatic nitrogens is 2. The number of fused-ring (bicyclic) bond motifs is 3. The summed E-state index contributed by atoms with van der Waals surface area (Å²) in [6.07, 6.45) is 8.19. The topological polar surface area (TPSA) is 38.1 Å². The summed E-state index contributed by atoms with van der Waals surface area (Å²) in [6, 6.07) is 2.50. The van der Waals surface area contributed by atoms with Crippen LogP contribution in [0.2, 0.25) is 0 Å². The van der Waals surface area contributed by atoms with Gasteiger partial charge in [-0.25, -0.2) is 4.98 Å². The van der Waals surface area contributed by atoms with Crippen LogP contribution in [0.3, 0.4) is 0 Å². The summed E-state index contributed by atoms with van der Waals surface area (Å²) in [6.45, 7) is 0. The van der Waals surface area contributed by atoms with Gasteiger partial charge in [0.25, 0.3) is 0 Å². The molecule has 3 nitrogen and oxygen atoms in total. The Bertz CT molecular complexity index is 534. The SMILES string of the molecule is OC1CCCCC1C1c2sccc2-c2cncn21. The van der Waals surface area contributed by atoms with E-state index in [1.165, 1.54) is 29.0 Å². The lowest BCUT2D eigenvalue weighted by atomic mass is 9.81. The normalized spacial score (nSPS) is 30.2. The number of nitrogens with zero attached hydrogens (tertiary/aromatic N) is 2. The molecule has 0 radical (unpaired) electrons. The molecule has 4 heteroatoms. The highest BCUT2D eigenvalue weighted by atomic mass is 32.1. The number of aliphatic hydroxyl groups is 1. The third-order valence-electron chi connectivity index (χ3n) is 4.39. The molecule has 3 heterocycles. The van der Waals surface area contributed by atoms with Gasteiger partial charge in [0, 0.05) is 16.4 Å². The van der Waals surface area contributed by atoms with Crippen LogP contribution in [0.15, 0.2) is 24.0 Å². The molecule has 1 saturated carbocycles. The number of imidazole rings is 1. The van der Waals surface area contributed by atoms with Crippen LogP contribution in [0.5, 0.6) is 0 Å². The molecule has 18 heavy (non-hydrogen) atoms. The van der Waals surface area contributed by atoms with Crippen molar-refractivity contribution in [3.63, 3.8) is 0 Å². The standard InChI is InChI=1S/C14H16N2OS/c17-12-4-2-1-3-10(12)13-14-9(5-6-18-14)11-7-15-8-16(11)13/h5-8,10,12-13,17H,1-4H2. The molecule has 0 bridgehead atoms. The Balaban J connectivity index is 1.82. The van der Waals surface area contributed by atoms with Gasteiger partial charge in [-0.2, -0.15) is 0 Å². The summed E-state index contributed by atoms with van der Waals surface area (Å²) in [7, 11) is 0. The molecule has 1 aliphatic carbocycles. The highest BCUT2D eigenvalue weighted by molar-refractivity contribution is 7.10. The van der Waals surface area contributed by atoms with Crippen LogP contribution < -0.4 is 0 Å². The van der Waals surface area contributed by atoms with Crippen LogP contribution in [0.4, 0.5) is 0 Å². The highest BCUT2D eigenvalue weighted by Crippen LogP contribution is 2.49. The zero-order chi connectivity index (χ0) is 12.1. The molecule has 1 aliphatic heterocycles. The average Bonchev–Trinajstić information content (AvgIpc) is 3.02. The van der Waals surface area contributed by atoms with Gasteiger partial charge in [-0.15, -0.1) is 11.3 Å². The van der Waals surface area contributed by atoms with Gasteiger partial charge >= 0.3 is 0 Å². The number of hydrogen-bond acceptors (Lipinski definition) is 3. The largest absolute Gasteiger partial charge is 0.393 e. The van der Waals surface area contributed by atoms with Gasteiger partial charge in [-0.1, -0.05) is 12.8 Å². The predicted molar refractivity (Wildman–Crippen MR) is 71.6 cm³/mol. The quantitative estimate of drug-likeness (QED) is 0.855. The van der Waals surface area contributed by atoms with E-state index < -0.39 is 0 Å². The Morgan fingerprint density at radius 2 is 2.22 bits per heavy atom. The van der Waals surface area contributed by atoms with E-state index in [4.69, 9.17) is 0 Å². The van der Waals surface area contributed by atoms with Gasteiger partial charge in [-0.05, 0) is 24.3 Å². The van der Waals surface area contributed by atoms with Crippen molar-refractivity contribution in [1.29, 1.82) is 0 Å². The summed E-state index contributed by atoms with van der Waals surface area (Å²) < 4.78 is 2.26. The summed E-state index contributed by atoms with van der Waals surface area (Å²) >= 11 is 1.82. The first kappa shape index (κ1) is 10.8. The van der Waals surface area contributed by atoms with E-state index in [0.29, 0.717) is 12.0 Å². The van der Waals surface area contributed by atoms with Crippen molar-refractivity contribution >= 4 is 11.3 Å². The molecule has 3 atom stereocenters. The average molecular weight is 260 g/mol. The zero-order valence-corrected chi connectivity index (χ0v) is 10.9. The van der Waals surface area contributed by atoms with Crippen LogP contribution in [0, 0.1) is 5.92 Å². The van der Waals surface area contributed by atoms with Crippen LogP contribution in [-0.2, 0) is 0 Å². The Kier molecular flexibility index (Phi) is 2.35. The van der Waals surface area contributed by atoms with E-state index in [-0.39, 0.29) is 6.10 Å². The monoisotopic (exact) mass is 260 g/mol. The molecule has 1 fully saturated rings. The second-order valence-corrected chi connectivity index (χ2v) is 6.29. The van der Waals surface area contributed by atoms with Gasteiger partial charge < -0.3 is 9.67 Å². The van der Waals surface area contributed by atoms with Crippen molar-refractivity contribution in [3.05, 3.63) is 28.8 Å². The van der Waals surface area contributed by atoms with E-state index in [9.17, 15) is 5.11 Å². The Hall–Kier alpha value is -1.13. The molecule has 94 valence electrons. The molecule has 3 unspecified atom stereocenters. The third-order valence-corrected chi connectivity index (χ3v) is 5.38. The minimum atomic E-state index is -0.160. The van der Waals surface area contributed by atoms with E-state index in [2.05, 4.69) is 21.0 Å². The van der Waals surface area contributed by atoms with Gasteiger partial charge in [0.15, 0.2) is 0 Å². The summed E-state index contributed by atoms with van der Waals surface area (Å²) in [5.41, 5.74) is 2.54. The molecule has 0 aromatic carbocycles. The molecule has 4 rings (SSSR count). The maximum absolute atomic E-state index is 10.3. The minimum Gasteiger partial charge on any atom is -0.393 e. The van der Waals surface area contributed by atoms with Crippen molar-refractivity contribution in [2.45, 2.75) is 37.8 Å². The van der Waals surface area contributed by atoms with Crippen LogP contribution in [0.25, 0.3) is 11.3 Å². The maximum atomic E-state index is 10.3. The third kappa shape index (κ3) is 1.36. The fraction of sp³-hybridized carbons (Fsp3) is 0.500. The van der Waals surface area contributed by atoms with Crippen LogP contribution in [-0.4, -0.2) is 20.8 Å². The molecule has 1 N–H and O–H groups in total. The second kappa shape index (κ2) is 3.93. The number of aliphatic hydroxyl groups excluding tert-OH is 1. The highest BCUT2D eigenvalue weighted by Gasteiger charge is 2.39. The molecule has 2 aliphatic rings. The molecule has 0 saturated heterocycles. The lowest BCUT2D eigenvalue weighted by Crippen LogP contribution is -2.31. The minimum absolute atomic E-state index is 0.160. The molecular formula is C14H16N2OS. The zero-order valence-electron chi connectivity index (χ0n) is 10.1. The first-order valence-corrected chi connectivity index (χ1v) is 7.52. The number of thiophene rings is 1. The molecule has 2 aromatic heterocycles. The van der Waals surface area contributed by atoms with E-state index in [0.717, 1.165) is 12.8 Å². The smallest absolute Gasteiger partial charge is 0.0957 e. The Morgan fingerprint density at radius 3 is 3.11 bits per heavy atom. The summed E-state index contributed by atoms with van der Waals surface area (Å²) in [5.74, 6) is 0.353. The van der Waals surface area contributed by atoms with E-state index >= 15 is 0 Å². The molecular weight excluding hydrogens is 244 g/mol. The van der Waals surface area contributed by atoms with E-state index in [1.807, 2.05) is 23.9 Å². The van der Waals surface area contributed by atoms with Crippen molar-refractivity contribution in [2.24, 2.45) is 5.92 Å². The maximum Gasteiger partial charge on any atom is 0.0957 e. The lowest BCUT2D eigenvalue weighted by molar-refractivity contribution is 0.0510. The fourth-order valence-corrected chi connectivity index (χ4v) is 4.61. The van der Waals surface area contributed by atoms with Crippen molar-refractivity contribution in [2.75, 3.05) is 0 Å². The fourth-order valence-electron chi connectivity index (χ4n) is 3.53. The van der Waals surface area contributed by atoms with Crippen molar-refractivity contribution in [1.82, 2.24) is 9.55 Å². The van der Waals surface area contributed by atoms with Gasteiger partial charge in [0.2, 0.25) is 0 Å². The van der Waals surface area contributed by atoms with E-state index in [1.54, 1.807) is 0 Å².